The lowest BCUT2D eigenvalue weighted by atomic mass is 9.96. The molecule has 2 heterocycles. The number of nitrogens with zero attached hydrogens (tertiary/aromatic N) is 4. The van der Waals surface area contributed by atoms with E-state index < -0.39 is 11.6 Å². The van der Waals surface area contributed by atoms with Crippen molar-refractivity contribution in [3.8, 4) is 22.5 Å². The molecule has 2 amide bonds. The number of anilines is 1. The van der Waals surface area contributed by atoms with Crippen LogP contribution in [0.1, 0.15) is 37.8 Å². The number of H-pyrrole nitrogens is 1. The third-order valence-corrected chi connectivity index (χ3v) is 7.62. The third-order valence-electron chi connectivity index (χ3n) is 7.62. The highest BCUT2D eigenvalue weighted by Gasteiger charge is 2.33. The van der Waals surface area contributed by atoms with E-state index in [1.807, 2.05) is 66.7 Å². The first kappa shape index (κ1) is 27.3. The number of fused-ring (bicyclic) bond motifs is 3. The summed E-state index contributed by atoms with van der Waals surface area (Å²) in [6.07, 6.45) is 1.27. The van der Waals surface area contributed by atoms with Gasteiger partial charge in [0.1, 0.15) is 6.04 Å². The van der Waals surface area contributed by atoms with E-state index >= 15 is 0 Å². The van der Waals surface area contributed by atoms with Gasteiger partial charge in [-0.1, -0.05) is 72.8 Å². The molecule has 9 heteroatoms. The Morgan fingerprint density at radius 2 is 1.81 bits per heavy atom. The minimum atomic E-state index is -0.677. The standard InChI is InChI=1S/C33H33N7O2/c1-33(2,34)19-30(41)35-28-16-15-26-24-11-7-6-10-23(24)13-17-29(26)40(32(28)42)20-21-12-14-25(22-8-4-3-5-9-22)27(18-21)31-36-38-39-37-31/h3-14,17-18,28H,15-16,19-20,34H2,1-2H3,(H,35,41)(H,36,37,38,39). The van der Waals surface area contributed by atoms with Gasteiger partial charge in [-0.2, -0.15) is 0 Å². The van der Waals surface area contributed by atoms with E-state index in [2.05, 4.69) is 44.1 Å². The fourth-order valence-corrected chi connectivity index (χ4v) is 5.73. The summed E-state index contributed by atoms with van der Waals surface area (Å²) in [6.45, 7) is 3.91. The van der Waals surface area contributed by atoms with Crippen LogP contribution >= 0.6 is 0 Å². The number of carbonyl (C=O) groups excluding carboxylic acids is 2. The number of nitrogens with one attached hydrogen (secondary N) is 2. The number of hydrogen-bond donors (Lipinski definition) is 3. The number of rotatable bonds is 7. The van der Waals surface area contributed by atoms with Gasteiger partial charge < -0.3 is 16.0 Å². The van der Waals surface area contributed by atoms with E-state index in [4.69, 9.17) is 5.73 Å². The molecule has 42 heavy (non-hydrogen) atoms. The molecule has 4 aromatic carbocycles. The molecule has 1 aromatic heterocycles. The van der Waals surface area contributed by atoms with Crippen molar-refractivity contribution in [2.24, 2.45) is 5.73 Å². The van der Waals surface area contributed by atoms with Crippen molar-refractivity contribution in [2.75, 3.05) is 4.90 Å². The zero-order valence-electron chi connectivity index (χ0n) is 23.7. The maximum absolute atomic E-state index is 14.2. The van der Waals surface area contributed by atoms with E-state index in [1.54, 1.807) is 18.7 Å². The van der Waals surface area contributed by atoms with Crippen LogP contribution in [-0.2, 0) is 22.6 Å². The maximum Gasteiger partial charge on any atom is 0.249 e. The topological polar surface area (TPSA) is 130 Å². The van der Waals surface area contributed by atoms with E-state index in [9.17, 15) is 9.59 Å². The third kappa shape index (κ3) is 5.64. The summed E-state index contributed by atoms with van der Waals surface area (Å²) in [5.41, 5.74) is 11.1. The molecule has 4 N–H and O–H groups in total. The fourth-order valence-electron chi connectivity index (χ4n) is 5.73. The first-order valence-corrected chi connectivity index (χ1v) is 14.1. The van der Waals surface area contributed by atoms with Crippen molar-refractivity contribution in [2.45, 2.75) is 51.2 Å². The molecule has 0 aliphatic carbocycles. The minimum absolute atomic E-state index is 0.127. The molecule has 0 saturated carbocycles. The van der Waals surface area contributed by atoms with Gasteiger partial charge in [-0.05, 0) is 82.3 Å². The summed E-state index contributed by atoms with van der Waals surface area (Å²) >= 11 is 0. The van der Waals surface area contributed by atoms with Crippen molar-refractivity contribution < 1.29 is 9.59 Å². The molecule has 0 radical (unpaired) electrons. The molecule has 0 saturated heterocycles. The quantitative estimate of drug-likeness (QED) is 0.263. The normalized spacial score (nSPS) is 15.4. The summed E-state index contributed by atoms with van der Waals surface area (Å²) < 4.78 is 0. The second-order valence-electron chi connectivity index (χ2n) is 11.5. The molecule has 1 aliphatic rings. The van der Waals surface area contributed by atoms with Crippen LogP contribution in [0.15, 0.2) is 84.9 Å². The minimum Gasteiger partial charge on any atom is -0.344 e. The Labute approximate surface area is 244 Å². The number of hydrogen-bond acceptors (Lipinski definition) is 6. The van der Waals surface area contributed by atoms with E-state index in [0.717, 1.165) is 44.3 Å². The molecule has 5 aromatic rings. The molecular formula is C33H33N7O2. The molecule has 0 spiro atoms. The van der Waals surface area contributed by atoms with Crippen LogP contribution in [0.25, 0.3) is 33.3 Å². The highest BCUT2D eigenvalue weighted by molar-refractivity contribution is 6.03. The smallest absolute Gasteiger partial charge is 0.249 e. The highest BCUT2D eigenvalue weighted by atomic mass is 16.2. The van der Waals surface area contributed by atoms with Gasteiger partial charge in [-0.3, -0.25) is 9.59 Å². The van der Waals surface area contributed by atoms with E-state index in [0.29, 0.717) is 25.2 Å². The van der Waals surface area contributed by atoms with Crippen molar-refractivity contribution in [3.05, 3.63) is 96.1 Å². The van der Waals surface area contributed by atoms with Crippen LogP contribution in [0.5, 0.6) is 0 Å². The fraction of sp³-hybridized carbons (Fsp3) is 0.242. The number of aromatic amines is 1. The van der Waals surface area contributed by atoms with Crippen molar-refractivity contribution in [1.82, 2.24) is 25.9 Å². The molecule has 6 rings (SSSR count). The maximum atomic E-state index is 14.2. The van der Waals surface area contributed by atoms with Gasteiger partial charge in [0.2, 0.25) is 11.8 Å². The summed E-state index contributed by atoms with van der Waals surface area (Å²) in [5.74, 6) is 0.157. The van der Waals surface area contributed by atoms with Crippen molar-refractivity contribution in [1.29, 1.82) is 0 Å². The Morgan fingerprint density at radius 1 is 1.02 bits per heavy atom. The predicted molar refractivity (Wildman–Crippen MR) is 163 cm³/mol. The lowest BCUT2D eigenvalue weighted by molar-refractivity contribution is -0.128. The zero-order chi connectivity index (χ0) is 29.3. The summed E-state index contributed by atoms with van der Waals surface area (Å²) in [6, 6.07) is 27.7. The molecule has 0 bridgehead atoms. The number of aromatic nitrogens is 4. The van der Waals surface area contributed by atoms with Crippen LogP contribution in [0.4, 0.5) is 5.69 Å². The lowest BCUT2D eigenvalue weighted by Crippen LogP contribution is -2.49. The summed E-state index contributed by atoms with van der Waals surface area (Å²) in [5, 5.41) is 19.9. The first-order chi connectivity index (χ1) is 20.3. The lowest BCUT2D eigenvalue weighted by Gasteiger charge is -2.28. The van der Waals surface area contributed by atoms with Gasteiger partial charge in [0.05, 0.1) is 6.54 Å². The van der Waals surface area contributed by atoms with Gasteiger partial charge in [0.15, 0.2) is 5.82 Å². The van der Waals surface area contributed by atoms with Gasteiger partial charge in [-0.25, -0.2) is 5.10 Å². The van der Waals surface area contributed by atoms with E-state index in [1.165, 1.54) is 0 Å². The molecule has 9 nitrogen and oxygen atoms in total. The summed E-state index contributed by atoms with van der Waals surface area (Å²) in [4.78, 5) is 28.9. The van der Waals surface area contributed by atoms with Gasteiger partial charge in [-0.15, -0.1) is 5.10 Å². The van der Waals surface area contributed by atoms with E-state index in [-0.39, 0.29) is 18.2 Å². The number of tetrazole rings is 1. The molecular weight excluding hydrogens is 526 g/mol. The van der Waals surface area contributed by atoms with Crippen molar-refractivity contribution in [3.63, 3.8) is 0 Å². The molecule has 1 unspecified atom stereocenters. The number of amides is 2. The van der Waals surface area contributed by atoms with Crippen LogP contribution in [0, 0.1) is 0 Å². The van der Waals surface area contributed by atoms with Crippen LogP contribution in [-0.4, -0.2) is 44.0 Å². The number of aryl methyl sites for hydroxylation is 1. The predicted octanol–water partition coefficient (Wildman–Crippen LogP) is 4.78. The Kier molecular flexibility index (Phi) is 7.26. The van der Waals surface area contributed by atoms with Gasteiger partial charge in [0.25, 0.3) is 0 Å². The second-order valence-corrected chi connectivity index (χ2v) is 11.5. The van der Waals surface area contributed by atoms with Crippen molar-refractivity contribution >= 4 is 28.3 Å². The number of carbonyl (C=O) groups is 2. The highest BCUT2D eigenvalue weighted by Crippen LogP contribution is 2.36. The SMILES string of the molecule is CC(C)(N)CC(=O)NC1CCc2c(ccc3ccccc23)N(Cc2ccc(-c3ccccc3)c(-c3nnn[nH]3)c2)C1=O. The average Bonchev–Trinajstić information content (AvgIpc) is 3.48. The molecule has 0 fully saturated rings. The number of benzene rings is 4. The van der Waals surface area contributed by atoms with Crippen LogP contribution in [0.2, 0.25) is 0 Å². The number of nitrogens with two attached hydrogens (primary N) is 1. The molecule has 1 aliphatic heterocycles. The zero-order valence-corrected chi connectivity index (χ0v) is 23.7. The molecule has 1 atom stereocenters. The Hall–Kier alpha value is -4.89. The Bertz CT molecular complexity index is 1740. The monoisotopic (exact) mass is 559 g/mol. The Morgan fingerprint density at radius 3 is 2.57 bits per heavy atom. The van der Waals surface area contributed by atoms with Crippen LogP contribution in [0.3, 0.4) is 0 Å². The molecule has 212 valence electrons. The Balaban J connectivity index is 1.41. The first-order valence-electron chi connectivity index (χ1n) is 14.1. The summed E-state index contributed by atoms with van der Waals surface area (Å²) in [7, 11) is 0. The average molecular weight is 560 g/mol. The van der Waals surface area contributed by atoms with Crippen LogP contribution < -0.4 is 16.0 Å². The van der Waals surface area contributed by atoms with Gasteiger partial charge >= 0.3 is 0 Å². The largest absolute Gasteiger partial charge is 0.344 e. The van der Waals surface area contributed by atoms with Gasteiger partial charge in [0, 0.05) is 23.2 Å². The second kappa shape index (κ2) is 11.2.